The summed E-state index contributed by atoms with van der Waals surface area (Å²) in [5.41, 5.74) is 2.33. The van der Waals surface area contributed by atoms with Crippen LogP contribution in [0, 0.1) is 0 Å². The molecule has 1 aliphatic carbocycles. The van der Waals surface area contributed by atoms with Crippen molar-refractivity contribution in [2.75, 3.05) is 34.4 Å². The number of aromatic nitrogens is 1. The molecule has 0 saturated heterocycles. The molecular formula is C16H25N3O3. The lowest BCUT2D eigenvalue weighted by Crippen LogP contribution is -2.42. The molecule has 0 spiro atoms. The Labute approximate surface area is 131 Å². The van der Waals surface area contributed by atoms with Gasteiger partial charge in [-0.05, 0) is 38.9 Å². The van der Waals surface area contributed by atoms with Crippen molar-refractivity contribution in [3.8, 4) is 0 Å². The molecule has 6 nitrogen and oxygen atoms in total. The summed E-state index contributed by atoms with van der Waals surface area (Å²) in [6.45, 7) is 1.63. The van der Waals surface area contributed by atoms with Gasteiger partial charge >= 0.3 is 0 Å². The number of carbonyl (C=O) groups excluding carboxylic acids is 1. The van der Waals surface area contributed by atoms with E-state index in [4.69, 9.17) is 4.74 Å². The molecule has 122 valence electrons. The number of likely N-dealkylation sites (N-methyl/N-ethyl adjacent to an activating group) is 1. The number of ether oxygens (including phenoxy) is 1. The highest BCUT2D eigenvalue weighted by Crippen LogP contribution is 2.20. The lowest BCUT2D eigenvalue weighted by atomic mass is 9.91. The highest BCUT2D eigenvalue weighted by atomic mass is 16.5. The third-order valence-electron chi connectivity index (χ3n) is 4.00. The minimum atomic E-state index is -0.0862. The van der Waals surface area contributed by atoms with Crippen LogP contribution >= 0.6 is 0 Å². The van der Waals surface area contributed by atoms with Crippen LogP contribution in [-0.2, 0) is 28.9 Å². The van der Waals surface area contributed by atoms with E-state index < -0.39 is 0 Å². The smallest absolute Gasteiger partial charge is 0.250 e. The fourth-order valence-corrected chi connectivity index (χ4v) is 2.89. The monoisotopic (exact) mass is 307 g/mol. The summed E-state index contributed by atoms with van der Waals surface area (Å²) < 4.78 is 6.72. The first-order valence-corrected chi connectivity index (χ1v) is 7.66. The molecule has 1 atom stereocenters. The molecule has 1 aromatic heterocycles. The van der Waals surface area contributed by atoms with Gasteiger partial charge in [-0.15, -0.1) is 0 Å². The molecule has 1 aromatic rings. The van der Waals surface area contributed by atoms with Gasteiger partial charge in [-0.25, -0.2) is 0 Å². The van der Waals surface area contributed by atoms with Crippen molar-refractivity contribution < 1.29 is 9.53 Å². The first-order valence-electron chi connectivity index (χ1n) is 7.66. The Kier molecular flexibility index (Phi) is 5.74. The van der Waals surface area contributed by atoms with Gasteiger partial charge in [0.25, 0.3) is 5.56 Å². The van der Waals surface area contributed by atoms with E-state index in [0.29, 0.717) is 6.54 Å². The number of fused-ring (bicyclic) bond motifs is 1. The van der Waals surface area contributed by atoms with Crippen molar-refractivity contribution in [1.82, 2.24) is 14.8 Å². The summed E-state index contributed by atoms with van der Waals surface area (Å²) in [6, 6.07) is 3.65. The Morgan fingerprint density at radius 3 is 2.91 bits per heavy atom. The number of methoxy groups -OCH3 is 1. The van der Waals surface area contributed by atoms with Crippen molar-refractivity contribution in [1.29, 1.82) is 0 Å². The fraction of sp³-hybridized carbons (Fsp3) is 0.625. The number of nitrogens with one attached hydrogen (secondary N) is 1. The minimum Gasteiger partial charge on any atom is -0.375 e. The zero-order valence-electron chi connectivity index (χ0n) is 13.6. The quantitative estimate of drug-likeness (QED) is 0.805. The average molecular weight is 307 g/mol. The second-order valence-corrected chi connectivity index (χ2v) is 6.04. The maximum Gasteiger partial charge on any atom is 0.250 e. The first kappa shape index (κ1) is 16.7. The van der Waals surface area contributed by atoms with Crippen molar-refractivity contribution in [2.24, 2.45) is 0 Å². The molecule has 0 saturated carbocycles. The van der Waals surface area contributed by atoms with Crippen LogP contribution < -0.4 is 10.9 Å². The Balaban J connectivity index is 2.11. The van der Waals surface area contributed by atoms with E-state index in [1.54, 1.807) is 6.07 Å². The van der Waals surface area contributed by atoms with Crippen molar-refractivity contribution in [2.45, 2.75) is 31.8 Å². The number of carbonyl (C=O) groups is 1. The van der Waals surface area contributed by atoms with Gasteiger partial charge in [0.15, 0.2) is 0 Å². The largest absolute Gasteiger partial charge is 0.375 e. The van der Waals surface area contributed by atoms with Gasteiger partial charge < -0.3 is 19.5 Å². The summed E-state index contributed by atoms with van der Waals surface area (Å²) in [5.74, 6) is -0.0862. The lowest BCUT2D eigenvalue weighted by Gasteiger charge is -2.28. The predicted molar refractivity (Wildman–Crippen MR) is 85.1 cm³/mol. The van der Waals surface area contributed by atoms with Crippen LogP contribution in [0.2, 0.25) is 0 Å². The van der Waals surface area contributed by atoms with Gasteiger partial charge in [-0.3, -0.25) is 9.59 Å². The average Bonchev–Trinajstić information content (AvgIpc) is 2.46. The molecule has 1 amide bonds. The maximum absolute atomic E-state index is 12.1. The Bertz CT molecular complexity index is 580. The third-order valence-corrected chi connectivity index (χ3v) is 4.00. The van der Waals surface area contributed by atoms with Crippen LogP contribution in [-0.4, -0.2) is 55.8 Å². The van der Waals surface area contributed by atoms with Gasteiger partial charge in [0.2, 0.25) is 5.91 Å². The van der Waals surface area contributed by atoms with Gasteiger partial charge in [0.1, 0.15) is 6.61 Å². The second kappa shape index (κ2) is 7.56. The Morgan fingerprint density at radius 1 is 1.45 bits per heavy atom. The number of pyridine rings is 1. The molecule has 0 radical (unpaired) electrons. The molecule has 1 aliphatic rings. The molecule has 1 N–H and O–H groups in total. The number of nitrogens with zero attached hydrogens (tertiary/aromatic N) is 2. The highest BCUT2D eigenvalue weighted by Gasteiger charge is 2.22. The molecule has 0 bridgehead atoms. The van der Waals surface area contributed by atoms with E-state index in [9.17, 15) is 9.59 Å². The van der Waals surface area contributed by atoms with Gasteiger partial charge in [0.05, 0.1) is 0 Å². The third kappa shape index (κ3) is 4.18. The van der Waals surface area contributed by atoms with Gasteiger partial charge in [0, 0.05) is 38.0 Å². The molecular weight excluding hydrogens is 282 g/mol. The standard InChI is InChI=1S/C16H25N3O3/c1-18(2)8-9-19-14-6-5-13(17-15(20)11-22-3)10-12(14)4-7-16(19)21/h4,7,13H,5-6,8-11H2,1-3H3,(H,17,20). The SMILES string of the molecule is COCC(=O)NC1CCc2c(ccc(=O)n2CCN(C)C)C1. The zero-order valence-corrected chi connectivity index (χ0v) is 13.6. The van der Waals surface area contributed by atoms with Crippen molar-refractivity contribution >= 4 is 5.91 Å². The molecule has 1 heterocycles. The van der Waals surface area contributed by atoms with Crippen molar-refractivity contribution in [3.05, 3.63) is 33.7 Å². The number of amides is 1. The first-order chi connectivity index (χ1) is 10.5. The molecule has 0 aromatic carbocycles. The molecule has 0 fully saturated rings. The summed E-state index contributed by atoms with van der Waals surface area (Å²) in [7, 11) is 5.52. The van der Waals surface area contributed by atoms with E-state index in [2.05, 4.69) is 10.2 Å². The highest BCUT2D eigenvalue weighted by molar-refractivity contribution is 5.77. The van der Waals surface area contributed by atoms with Crippen LogP contribution in [0.15, 0.2) is 16.9 Å². The zero-order chi connectivity index (χ0) is 16.1. The van der Waals surface area contributed by atoms with Gasteiger partial charge in [-0.1, -0.05) is 6.07 Å². The van der Waals surface area contributed by atoms with Crippen LogP contribution in [0.1, 0.15) is 17.7 Å². The van der Waals surface area contributed by atoms with E-state index >= 15 is 0 Å². The van der Waals surface area contributed by atoms with E-state index in [0.717, 1.165) is 37.1 Å². The predicted octanol–water partition coefficient (Wildman–Crippen LogP) is 0.0298. The van der Waals surface area contributed by atoms with E-state index in [-0.39, 0.29) is 24.1 Å². The molecule has 0 aliphatic heterocycles. The van der Waals surface area contributed by atoms with Crippen LogP contribution in [0.3, 0.4) is 0 Å². The topological polar surface area (TPSA) is 63.6 Å². The summed E-state index contributed by atoms with van der Waals surface area (Å²) in [4.78, 5) is 25.8. The molecule has 2 rings (SSSR count). The Morgan fingerprint density at radius 2 is 2.23 bits per heavy atom. The van der Waals surface area contributed by atoms with E-state index in [1.807, 2.05) is 24.7 Å². The fourth-order valence-electron chi connectivity index (χ4n) is 2.89. The van der Waals surface area contributed by atoms with E-state index in [1.165, 1.54) is 7.11 Å². The lowest BCUT2D eigenvalue weighted by molar-refractivity contribution is -0.125. The van der Waals surface area contributed by atoms with Crippen LogP contribution in [0.4, 0.5) is 0 Å². The summed E-state index contributed by atoms with van der Waals surface area (Å²) >= 11 is 0. The number of hydrogen-bond donors (Lipinski definition) is 1. The molecule has 22 heavy (non-hydrogen) atoms. The normalized spacial score (nSPS) is 17.4. The molecule has 6 heteroatoms. The maximum atomic E-state index is 12.1. The minimum absolute atomic E-state index is 0.0578. The number of rotatable bonds is 6. The van der Waals surface area contributed by atoms with Crippen molar-refractivity contribution in [3.63, 3.8) is 0 Å². The van der Waals surface area contributed by atoms with Crippen LogP contribution in [0.5, 0.6) is 0 Å². The summed E-state index contributed by atoms with van der Waals surface area (Å²) in [5, 5.41) is 2.99. The molecule has 1 unspecified atom stereocenters. The Hall–Kier alpha value is -1.66. The summed E-state index contributed by atoms with van der Waals surface area (Å²) in [6.07, 6.45) is 2.44. The van der Waals surface area contributed by atoms with Crippen LogP contribution in [0.25, 0.3) is 0 Å². The van der Waals surface area contributed by atoms with Gasteiger partial charge in [-0.2, -0.15) is 0 Å². The number of hydrogen-bond acceptors (Lipinski definition) is 4. The second-order valence-electron chi connectivity index (χ2n) is 6.04.